The lowest BCUT2D eigenvalue weighted by Gasteiger charge is -2.30. The first-order chi connectivity index (χ1) is 11.0. The lowest BCUT2D eigenvalue weighted by molar-refractivity contribution is -0.385. The number of carbonyl (C=O) groups is 1. The summed E-state index contributed by atoms with van der Waals surface area (Å²) in [6.07, 6.45) is 6.36. The van der Waals surface area contributed by atoms with Gasteiger partial charge in [0, 0.05) is 25.9 Å². The number of thioether (sulfide) groups is 1. The second kappa shape index (κ2) is 6.37. The number of nitro groups is 1. The Labute approximate surface area is 136 Å². The first kappa shape index (κ1) is 15.5. The minimum Gasteiger partial charge on any atom is -0.309 e. The lowest BCUT2D eigenvalue weighted by atomic mass is 10.1. The van der Waals surface area contributed by atoms with Gasteiger partial charge in [0.25, 0.3) is 5.69 Å². The van der Waals surface area contributed by atoms with Gasteiger partial charge in [-0.25, -0.2) is 4.98 Å². The van der Waals surface area contributed by atoms with E-state index >= 15 is 0 Å². The van der Waals surface area contributed by atoms with Crippen molar-refractivity contribution in [1.29, 1.82) is 0 Å². The Hall–Kier alpha value is -2.42. The Morgan fingerprint density at radius 2 is 2.22 bits per heavy atom. The summed E-state index contributed by atoms with van der Waals surface area (Å²) in [6.45, 7) is 0.676. The number of aryl methyl sites for hydroxylation is 1. The number of hydrogen-bond donors (Lipinski definition) is 0. The molecule has 1 aliphatic rings. The van der Waals surface area contributed by atoms with Gasteiger partial charge in [-0.1, -0.05) is 11.8 Å². The maximum Gasteiger partial charge on any atom is 0.287 e. The smallest absolute Gasteiger partial charge is 0.287 e. The molecular weight excluding hydrogens is 318 g/mol. The zero-order valence-electron chi connectivity index (χ0n) is 12.5. The van der Waals surface area contributed by atoms with E-state index in [2.05, 4.69) is 10.1 Å². The first-order valence-corrected chi connectivity index (χ1v) is 7.99. The van der Waals surface area contributed by atoms with E-state index in [4.69, 9.17) is 0 Å². The van der Waals surface area contributed by atoms with Gasteiger partial charge >= 0.3 is 0 Å². The monoisotopic (exact) mass is 333 g/mol. The summed E-state index contributed by atoms with van der Waals surface area (Å²) in [6, 6.07) is 2.99. The van der Waals surface area contributed by atoms with Crippen molar-refractivity contribution in [2.45, 2.75) is 23.1 Å². The van der Waals surface area contributed by atoms with Crippen molar-refractivity contribution in [1.82, 2.24) is 14.8 Å². The average molecular weight is 333 g/mol. The van der Waals surface area contributed by atoms with Crippen LogP contribution in [0.1, 0.15) is 12.8 Å². The fraction of sp³-hybridized carbons (Fsp3) is 0.357. The van der Waals surface area contributed by atoms with Crippen LogP contribution in [0.15, 0.2) is 35.7 Å². The Balaban J connectivity index is 1.72. The minimum atomic E-state index is -0.489. The number of anilines is 1. The van der Waals surface area contributed by atoms with Crippen molar-refractivity contribution in [3.63, 3.8) is 0 Å². The Bertz CT molecular complexity index is 730. The molecule has 0 spiro atoms. The molecular formula is C14H15N5O3S. The van der Waals surface area contributed by atoms with Crippen molar-refractivity contribution < 1.29 is 9.72 Å². The molecule has 3 rings (SSSR count). The van der Waals surface area contributed by atoms with Crippen molar-refractivity contribution in [3.8, 4) is 0 Å². The zero-order valence-corrected chi connectivity index (χ0v) is 13.3. The highest BCUT2D eigenvalue weighted by molar-refractivity contribution is 8.00. The second-order valence-corrected chi connectivity index (χ2v) is 6.45. The molecule has 0 bridgehead atoms. The molecule has 0 radical (unpaired) electrons. The van der Waals surface area contributed by atoms with Gasteiger partial charge in [-0.05, 0) is 18.9 Å². The molecule has 0 saturated carbocycles. The molecule has 2 aromatic rings. The number of rotatable bonds is 4. The number of nitrogens with zero attached hydrogens (tertiary/aromatic N) is 5. The Morgan fingerprint density at radius 1 is 1.39 bits per heavy atom. The fourth-order valence-electron chi connectivity index (χ4n) is 2.45. The zero-order chi connectivity index (χ0) is 16.4. The summed E-state index contributed by atoms with van der Waals surface area (Å²) in [5.41, 5.74) is 0.737. The van der Waals surface area contributed by atoms with Crippen molar-refractivity contribution >= 4 is 29.0 Å². The number of pyridine rings is 1. The number of carbonyl (C=O) groups excluding carboxylic acids is 1. The maximum atomic E-state index is 12.6. The summed E-state index contributed by atoms with van der Waals surface area (Å²) < 4.78 is 1.66. The van der Waals surface area contributed by atoms with Crippen LogP contribution in [-0.2, 0) is 11.8 Å². The summed E-state index contributed by atoms with van der Waals surface area (Å²) in [7, 11) is 1.81. The van der Waals surface area contributed by atoms with Gasteiger partial charge in [-0.15, -0.1) is 0 Å². The number of hydrogen-bond acceptors (Lipinski definition) is 6. The molecule has 8 nitrogen and oxygen atoms in total. The normalized spacial score (nSPS) is 18.2. The largest absolute Gasteiger partial charge is 0.309 e. The van der Waals surface area contributed by atoms with Crippen molar-refractivity contribution in [2.75, 3.05) is 11.4 Å². The lowest BCUT2D eigenvalue weighted by Crippen LogP contribution is -2.42. The molecule has 1 saturated heterocycles. The Kier molecular flexibility index (Phi) is 4.28. The van der Waals surface area contributed by atoms with Gasteiger partial charge in [0.15, 0.2) is 0 Å². The van der Waals surface area contributed by atoms with Crippen LogP contribution in [0, 0.1) is 10.1 Å². The van der Waals surface area contributed by atoms with Gasteiger partial charge in [0.2, 0.25) is 5.91 Å². The topological polar surface area (TPSA) is 94.2 Å². The van der Waals surface area contributed by atoms with E-state index in [0.717, 1.165) is 18.5 Å². The van der Waals surface area contributed by atoms with Gasteiger partial charge in [-0.3, -0.25) is 19.6 Å². The van der Waals surface area contributed by atoms with Gasteiger partial charge in [0.1, 0.15) is 6.20 Å². The molecule has 1 fully saturated rings. The van der Waals surface area contributed by atoms with Gasteiger partial charge in [-0.2, -0.15) is 5.10 Å². The third kappa shape index (κ3) is 3.34. The van der Waals surface area contributed by atoms with Crippen LogP contribution in [0.25, 0.3) is 0 Å². The standard InChI is InChI=1S/C14H15N5O3S/c1-17-9-11(8-16-17)18-6-2-3-12(14(18)20)23-13-5-4-10(7-15-13)19(21)22/h4-5,7-9,12H,2-3,6H2,1H3/t12-/m1/s1. The molecule has 0 unspecified atom stereocenters. The first-order valence-electron chi connectivity index (χ1n) is 7.12. The second-order valence-electron chi connectivity index (χ2n) is 5.22. The van der Waals surface area contributed by atoms with E-state index < -0.39 is 4.92 Å². The number of piperidine rings is 1. The molecule has 2 aromatic heterocycles. The third-order valence-electron chi connectivity index (χ3n) is 3.59. The predicted octanol–water partition coefficient (Wildman–Crippen LogP) is 2.01. The molecule has 23 heavy (non-hydrogen) atoms. The number of aromatic nitrogens is 3. The summed E-state index contributed by atoms with van der Waals surface area (Å²) >= 11 is 1.35. The Morgan fingerprint density at radius 3 is 2.83 bits per heavy atom. The van der Waals surface area contributed by atoms with Crippen LogP contribution in [-0.4, -0.2) is 37.4 Å². The molecule has 0 aliphatic carbocycles. The quantitative estimate of drug-likeness (QED) is 0.627. The molecule has 3 heterocycles. The number of amides is 1. The van der Waals surface area contributed by atoms with Gasteiger partial charge < -0.3 is 4.90 Å². The predicted molar refractivity (Wildman–Crippen MR) is 85.3 cm³/mol. The molecule has 1 atom stereocenters. The van der Waals surface area contributed by atoms with Crippen LogP contribution in [0.3, 0.4) is 0 Å². The minimum absolute atomic E-state index is 0.0226. The van der Waals surface area contributed by atoms with E-state index in [0.29, 0.717) is 11.6 Å². The van der Waals surface area contributed by atoms with E-state index in [1.54, 1.807) is 21.8 Å². The molecule has 1 aliphatic heterocycles. The summed E-state index contributed by atoms with van der Waals surface area (Å²) in [4.78, 5) is 28.6. The highest BCUT2D eigenvalue weighted by atomic mass is 32.2. The average Bonchev–Trinajstić information content (AvgIpc) is 2.96. The van der Waals surface area contributed by atoms with Crippen molar-refractivity contribution in [2.24, 2.45) is 7.05 Å². The van der Waals surface area contributed by atoms with Crippen LogP contribution in [0.2, 0.25) is 0 Å². The fourth-order valence-corrected chi connectivity index (χ4v) is 3.52. The van der Waals surface area contributed by atoms with Crippen LogP contribution in [0.4, 0.5) is 11.4 Å². The van der Waals surface area contributed by atoms with Gasteiger partial charge in [0.05, 0.1) is 27.1 Å². The third-order valence-corrected chi connectivity index (χ3v) is 4.79. The summed E-state index contributed by atoms with van der Waals surface area (Å²) in [5, 5.41) is 15.1. The highest BCUT2D eigenvalue weighted by Crippen LogP contribution is 2.31. The maximum absolute atomic E-state index is 12.6. The van der Waals surface area contributed by atoms with E-state index in [-0.39, 0.29) is 16.8 Å². The molecule has 1 amide bonds. The van der Waals surface area contributed by atoms with Crippen molar-refractivity contribution in [3.05, 3.63) is 40.8 Å². The molecule has 0 aromatic carbocycles. The SMILES string of the molecule is Cn1cc(N2CCC[C@@H](Sc3ccc([N+](=O)[O-])cn3)C2=O)cn1. The van der Waals surface area contributed by atoms with E-state index in [1.807, 2.05) is 13.2 Å². The molecule has 9 heteroatoms. The van der Waals surface area contributed by atoms with E-state index in [9.17, 15) is 14.9 Å². The summed E-state index contributed by atoms with van der Waals surface area (Å²) in [5.74, 6) is 0.0226. The molecule has 120 valence electrons. The molecule has 0 N–H and O–H groups in total. The van der Waals surface area contributed by atoms with Crippen LogP contribution in [0.5, 0.6) is 0 Å². The highest BCUT2D eigenvalue weighted by Gasteiger charge is 2.31. The van der Waals surface area contributed by atoms with E-state index in [1.165, 1.54) is 24.0 Å². The van der Waals surface area contributed by atoms with Crippen LogP contribution < -0.4 is 4.90 Å². The van der Waals surface area contributed by atoms with Crippen LogP contribution >= 0.6 is 11.8 Å².